The molecule has 2 aromatic rings. The predicted octanol–water partition coefficient (Wildman–Crippen LogP) is 1.20. The van der Waals surface area contributed by atoms with Crippen LogP contribution in [0.5, 0.6) is 0 Å². The van der Waals surface area contributed by atoms with E-state index in [2.05, 4.69) is 15.1 Å². The lowest BCUT2D eigenvalue weighted by Crippen LogP contribution is -2.31. The molecule has 0 atom stereocenters. The summed E-state index contributed by atoms with van der Waals surface area (Å²) in [5, 5.41) is 10.8. The zero-order valence-electron chi connectivity index (χ0n) is 10.7. The average molecular weight is 289 g/mol. The van der Waals surface area contributed by atoms with Crippen molar-refractivity contribution in [2.45, 2.75) is 32.9 Å². The molecule has 0 spiro atoms. The minimum absolute atomic E-state index is 0.0913. The maximum Gasteiger partial charge on any atom is 0.469 e. The van der Waals surface area contributed by atoms with Gasteiger partial charge in [-0.3, -0.25) is 4.79 Å². The van der Waals surface area contributed by atoms with E-state index in [0.717, 1.165) is 4.52 Å². The first-order valence-electron chi connectivity index (χ1n) is 5.77. The van der Waals surface area contributed by atoms with Crippen LogP contribution in [0.3, 0.4) is 0 Å². The molecule has 108 valence electrons. The van der Waals surface area contributed by atoms with E-state index < -0.39 is 18.0 Å². The van der Waals surface area contributed by atoms with Gasteiger partial charge in [-0.05, 0) is 25.3 Å². The molecular formula is C11H12F3N4O2+. The van der Waals surface area contributed by atoms with E-state index in [-0.39, 0.29) is 18.6 Å². The number of nitrogens with zero attached hydrogens (tertiary/aromatic N) is 3. The fraction of sp³-hybridized carbons (Fsp3) is 0.455. The highest BCUT2D eigenvalue weighted by Crippen LogP contribution is 2.25. The van der Waals surface area contributed by atoms with E-state index in [0.29, 0.717) is 17.0 Å². The van der Waals surface area contributed by atoms with Gasteiger partial charge in [-0.1, -0.05) is 4.98 Å². The SMILES string of the molecule is Cc1nc2nc(C(F)(F)F)[nH][n+]2c(C)c1CCC(=O)O. The minimum Gasteiger partial charge on any atom is -0.481 e. The molecule has 20 heavy (non-hydrogen) atoms. The molecule has 0 bridgehead atoms. The van der Waals surface area contributed by atoms with Gasteiger partial charge in [0.15, 0.2) is 0 Å². The van der Waals surface area contributed by atoms with Gasteiger partial charge in [0, 0.05) is 12.0 Å². The van der Waals surface area contributed by atoms with Crippen molar-refractivity contribution in [3.05, 3.63) is 22.8 Å². The van der Waals surface area contributed by atoms with Crippen molar-refractivity contribution in [2.24, 2.45) is 0 Å². The number of carbonyl (C=O) groups is 1. The van der Waals surface area contributed by atoms with Crippen molar-refractivity contribution in [1.29, 1.82) is 0 Å². The molecule has 0 aromatic carbocycles. The Balaban J connectivity index is 2.54. The Kier molecular flexibility index (Phi) is 3.36. The van der Waals surface area contributed by atoms with Crippen molar-refractivity contribution in [3.8, 4) is 0 Å². The van der Waals surface area contributed by atoms with Gasteiger partial charge in [-0.25, -0.2) is 5.10 Å². The Morgan fingerprint density at radius 3 is 2.55 bits per heavy atom. The Morgan fingerprint density at radius 1 is 1.35 bits per heavy atom. The number of aromatic amines is 1. The molecule has 0 radical (unpaired) electrons. The summed E-state index contributed by atoms with van der Waals surface area (Å²) in [6.45, 7) is 3.21. The average Bonchev–Trinajstić information content (AvgIpc) is 2.71. The third-order valence-electron chi connectivity index (χ3n) is 2.96. The van der Waals surface area contributed by atoms with Crippen LogP contribution in [0.2, 0.25) is 0 Å². The Morgan fingerprint density at radius 2 is 2.00 bits per heavy atom. The van der Waals surface area contributed by atoms with Gasteiger partial charge in [-0.15, -0.1) is 4.52 Å². The number of carboxylic acid groups (broad SMARTS) is 1. The van der Waals surface area contributed by atoms with Crippen LogP contribution in [0, 0.1) is 13.8 Å². The van der Waals surface area contributed by atoms with Gasteiger partial charge in [0.25, 0.3) is 0 Å². The molecule has 0 aliphatic heterocycles. The molecular weight excluding hydrogens is 277 g/mol. The first-order valence-corrected chi connectivity index (χ1v) is 5.77. The van der Waals surface area contributed by atoms with Gasteiger partial charge in [0.1, 0.15) is 11.4 Å². The molecule has 9 heteroatoms. The predicted molar refractivity (Wildman–Crippen MR) is 60.0 cm³/mol. The number of fused-ring (bicyclic) bond motifs is 1. The molecule has 0 fully saturated rings. The van der Waals surface area contributed by atoms with Crippen LogP contribution < -0.4 is 4.52 Å². The van der Waals surface area contributed by atoms with Gasteiger partial charge < -0.3 is 5.11 Å². The molecule has 0 saturated heterocycles. The largest absolute Gasteiger partial charge is 0.481 e. The molecule has 0 unspecified atom stereocenters. The summed E-state index contributed by atoms with van der Waals surface area (Å²) in [4.78, 5) is 18.0. The van der Waals surface area contributed by atoms with Gasteiger partial charge in [-0.2, -0.15) is 13.2 Å². The standard InChI is InChI=1S/C11H11F3N4O2/c1-5-7(3-4-8(19)20)6(2)18-10(15-5)16-9(17-18)11(12,13)14/h3-4H2,1-2H3,(H,19,20)/p+1. The molecule has 2 rings (SSSR count). The van der Waals surface area contributed by atoms with Gasteiger partial charge in [0.2, 0.25) is 0 Å². The second kappa shape index (κ2) is 4.73. The summed E-state index contributed by atoms with van der Waals surface area (Å²) in [5.74, 6) is -2.20. The lowest BCUT2D eigenvalue weighted by Gasteiger charge is -2.03. The third-order valence-corrected chi connectivity index (χ3v) is 2.96. The van der Waals surface area contributed by atoms with Crippen molar-refractivity contribution >= 4 is 11.7 Å². The van der Waals surface area contributed by atoms with E-state index in [9.17, 15) is 18.0 Å². The number of aliphatic carboxylic acids is 1. The van der Waals surface area contributed by atoms with Gasteiger partial charge in [0.05, 0.1) is 0 Å². The number of carboxylic acids is 1. The fourth-order valence-corrected chi connectivity index (χ4v) is 1.97. The summed E-state index contributed by atoms with van der Waals surface area (Å²) in [6, 6.07) is 0. The number of H-pyrrole nitrogens is 1. The van der Waals surface area contributed by atoms with Crippen molar-refractivity contribution < 1.29 is 27.6 Å². The topological polar surface area (TPSA) is 83.0 Å². The van der Waals surface area contributed by atoms with Crippen LogP contribution in [-0.4, -0.2) is 26.1 Å². The Hall–Kier alpha value is -2.19. The summed E-state index contributed by atoms with van der Waals surface area (Å²) in [5.41, 5.74) is 1.54. The fourth-order valence-electron chi connectivity index (χ4n) is 1.97. The summed E-state index contributed by atoms with van der Waals surface area (Å²) < 4.78 is 38.9. The zero-order chi connectivity index (χ0) is 15.1. The zero-order valence-corrected chi connectivity index (χ0v) is 10.7. The molecule has 0 aliphatic rings. The van der Waals surface area contributed by atoms with Crippen molar-refractivity contribution in [2.75, 3.05) is 0 Å². The lowest BCUT2D eigenvalue weighted by molar-refractivity contribution is -0.589. The second-order valence-corrected chi connectivity index (χ2v) is 4.36. The van der Waals surface area contributed by atoms with Crippen LogP contribution in [0.15, 0.2) is 0 Å². The van der Waals surface area contributed by atoms with Crippen LogP contribution in [0.4, 0.5) is 13.2 Å². The summed E-state index contributed by atoms with van der Waals surface area (Å²) in [7, 11) is 0. The molecule has 2 N–H and O–H groups in total. The maximum atomic E-state index is 12.6. The first kappa shape index (κ1) is 14.2. The quantitative estimate of drug-likeness (QED) is 0.832. The highest BCUT2D eigenvalue weighted by atomic mass is 19.4. The van der Waals surface area contributed by atoms with Crippen molar-refractivity contribution in [3.63, 3.8) is 0 Å². The molecule has 0 aliphatic carbocycles. The van der Waals surface area contributed by atoms with E-state index in [4.69, 9.17) is 5.11 Å². The van der Waals surface area contributed by atoms with Crippen molar-refractivity contribution in [1.82, 2.24) is 15.1 Å². The van der Waals surface area contributed by atoms with E-state index in [1.54, 1.807) is 13.8 Å². The number of hydrogen-bond acceptors (Lipinski definition) is 3. The van der Waals surface area contributed by atoms with Crippen LogP contribution >= 0.6 is 0 Å². The minimum atomic E-state index is -4.59. The number of aryl methyl sites for hydroxylation is 2. The van der Waals surface area contributed by atoms with Crippen LogP contribution in [-0.2, 0) is 17.4 Å². The van der Waals surface area contributed by atoms with Gasteiger partial charge >= 0.3 is 23.7 Å². The summed E-state index contributed by atoms with van der Waals surface area (Å²) in [6.07, 6.45) is -4.51. The maximum absolute atomic E-state index is 12.6. The third kappa shape index (κ3) is 2.56. The van der Waals surface area contributed by atoms with E-state index in [1.165, 1.54) is 0 Å². The second-order valence-electron chi connectivity index (χ2n) is 4.36. The molecule has 2 aromatic heterocycles. The normalized spacial score (nSPS) is 12.1. The molecule has 6 nitrogen and oxygen atoms in total. The summed E-state index contributed by atoms with van der Waals surface area (Å²) >= 11 is 0. The number of nitrogens with one attached hydrogen (secondary N) is 1. The monoisotopic (exact) mass is 289 g/mol. The number of hydrogen-bond donors (Lipinski definition) is 2. The number of alkyl halides is 3. The first-order chi connectivity index (χ1) is 9.20. The highest BCUT2D eigenvalue weighted by molar-refractivity contribution is 5.67. The number of rotatable bonds is 3. The number of halogens is 3. The van der Waals surface area contributed by atoms with E-state index >= 15 is 0 Å². The van der Waals surface area contributed by atoms with E-state index in [1.807, 2.05) is 0 Å². The molecule has 2 heterocycles. The van der Waals surface area contributed by atoms with Crippen LogP contribution in [0.25, 0.3) is 5.78 Å². The van der Waals surface area contributed by atoms with Crippen LogP contribution in [0.1, 0.15) is 29.2 Å². The number of aromatic nitrogens is 4. The molecule has 0 amide bonds. The smallest absolute Gasteiger partial charge is 0.469 e. The highest BCUT2D eigenvalue weighted by Gasteiger charge is 2.40. The Bertz CT molecular complexity index is 678. The molecule has 0 saturated carbocycles. The Labute approximate surface area is 111 Å². The lowest BCUT2D eigenvalue weighted by atomic mass is 10.1.